The molecule has 0 saturated carbocycles. The Hall–Kier alpha value is -1.95. The fourth-order valence-electron chi connectivity index (χ4n) is 3.36. The maximum Gasteiger partial charge on any atom is 0.270 e. The van der Waals surface area contributed by atoms with Gasteiger partial charge in [-0.2, -0.15) is 4.98 Å². The summed E-state index contributed by atoms with van der Waals surface area (Å²) in [4.78, 5) is 21.2. The van der Waals surface area contributed by atoms with Crippen molar-refractivity contribution in [1.29, 1.82) is 0 Å². The standard InChI is InChI=1S/C20H28N4OS/c1-5-20(3)9-11-24(12-10-20)19-22-17(21)16(18(25)23(19)4)26-15-8-6-7-14(2)13-15/h6-8,13H,5,9-12,21H2,1-4H3. The lowest BCUT2D eigenvalue weighted by atomic mass is 9.78. The van der Waals surface area contributed by atoms with Gasteiger partial charge in [-0.3, -0.25) is 9.36 Å². The van der Waals surface area contributed by atoms with Crippen molar-refractivity contribution in [2.45, 2.75) is 49.8 Å². The molecule has 5 nitrogen and oxygen atoms in total. The van der Waals surface area contributed by atoms with Crippen LogP contribution in [0.15, 0.2) is 38.9 Å². The SMILES string of the molecule is CCC1(C)CCN(c2nc(N)c(Sc3cccc(C)c3)c(=O)n2C)CC1. The highest BCUT2D eigenvalue weighted by Crippen LogP contribution is 2.36. The van der Waals surface area contributed by atoms with E-state index < -0.39 is 0 Å². The number of aryl methyl sites for hydroxylation is 1. The summed E-state index contributed by atoms with van der Waals surface area (Å²) in [5, 5.41) is 0. The number of aromatic nitrogens is 2. The number of hydrogen-bond donors (Lipinski definition) is 1. The number of nitrogens with two attached hydrogens (primary N) is 1. The number of benzene rings is 1. The summed E-state index contributed by atoms with van der Waals surface area (Å²) in [5.74, 6) is 0.998. The lowest BCUT2D eigenvalue weighted by Gasteiger charge is -2.39. The maximum absolute atomic E-state index is 12.9. The predicted molar refractivity (Wildman–Crippen MR) is 109 cm³/mol. The summed E-state index contributed by atoms with van der Waals surface area (Å²) in [5.41, 5.74) is 7.66. The van der Waals surface area contributed by atoms with E-state index in [1.807, 2.05) is 31.2 Å². The van der Waals surface area contributed by atoms with Gasteiger partial charge in [0.15, 0.2) is 0 Å². The van der Waals surface area contributed by atoms with Crippen LogP contribution in [0.3, 0.4) is 0 Å². The molecule has 1 aromatic carbocycles. The van der Waals surface area contributed by atoms with Gasteiger partial charge in [0.2, 0.25) is 5.95 Å². The molecule has 0 bridgehead atoms. The van der Waals surface area contributed by atoms with Crippen LogP contribution in [0.5, 0.6) is 0 Å². The van der Waals surface area contributed by atoms with E-state index in [9.17, 15) is 4.79 Å². The highest BCUT2D eigenvalue weighted by atomic mass is 32.2. The Balaban J connectivity index is 1.88. The molecule has 1 aliphatic heterocycles. The Labute approximate surface area is 159 Å². The van der Waals surface area contributed by atoms with Crippen molar-refractivity contribution in [2.24, 2.45) is 12.5 Å². The third-order valence-corrected chi connectivity index (χ3v) is 6.65. The summed E-state index contributed by atoms with van der Waals surface area (Å²) >= 11 is 1.39. The van der Waals surface area contributed by atoms with Crippen LogP contribution >= 0.6 is 11.8 Å². The molecule has 26 heavy (non-hydrogen) atoms. The van der Waals surface area contributed by atoms with Gasteiger partial charge < -0.3 is 10.6 Å². The molecule has 1 saturated heterocycles. The van der Waals surface area contributed by atoms with Crippen LogP contribution in [0.4, 0.5) is 11.8 Å². The van der Waals surface area contributed by atoms with Gasteiger partial charge in [0.25, 0.3) is 5.56 Å². The van der Waals surface area contributed by atoms with Gasteiger partial charge in [-0.05, 0) is 37.3 Å². The second-order valence-corrected chi connectivity index (χ2v) is 8.64. The molecule has 2 aromatic rings. The first kappa shape index (κ1) is 18.8. The predicted octanol–water partition coefficient (Wildman–Crippen LogP) is 3.84. The fourth-order valence-corrected chi connectivity index (χ4v) is 4.36. The number of hydrogen-bond acceptors (Lipinski definition) is 5. The van der Waals surface area contributed by atoms with Crippen molar-refractivity contribution in [3.63, 3.8) is 0 Å². The first-order chi connectivity index (χ1) is 12.3. The lowest BCUT2D eigenvalue weighted by Crippen LogP contribution is -2.41. The van der Waals surface area contributed by atoms with Crippen LogP contribution in [0, 0.1) is 12.3 Å². The van der Waals surface area contributed by atoms with E-state index in [1.165, 1.54) is 18.2 Å². The first-order valence-corrected chi connectivity index (χ1v) is 10.0. The summed E-state index contributed by atoms with van der Waals surface area (Å²) in [6.07, 6.45) is 3.40. The van der Waals surface area contributed by atoms with Gasteiger partial charge in [0.05, 0.1) is 0 Å². The average molecular weight is 373 g/mol. The van der Waals surface area contributed by atoms with Crippen molar-refractivity contribution in [3.05, 3.63) is 40.2 Å². The van der Waals surface area contributed by atoms with E-state index in [4.69, 9.17) is 5.73 Å². The summed E-state index contributed by atoms with van der Waals surface area (Å²) < 4.78 is 1.64. The van der Waals surface area contributed by atoms with E-state index in [0.29, 0.717) is 22.1 Å². The number of anilines is 2. The summed E-state index contributed by atoms with van der Waals surface area (Å²) in [7, 11) is 1.79. The zero-order valence-corrected chi connectivity index (χ0v) is 16.9. The van der Waals surface area contributed by atoms with Gasteiger partial charge in [-0.15, -0.1) is 0 Å². The molecule has 0 spiro atoms. The van der Waals surface area contributed by atoms with Crippen LogP contribution in [0.25, 0.3) is 0 Å². The highest BCUT2D eigenvalue weighted by Gasteiger charge is 2.30. The Bertz CT molecular complexity index is 853. The zero-order valence-electron chi connectivity index (χ0n) is 16.1. The van der Waals surface area contributed by atoms with Gasteiger partial charge in [0, 0.05) is 25.0 Å². The van der Waals surface area contributed by atoms with Crippen LogP contribution in [0.2, 0.25) is 0 Å². The Morgan fingerprint density at radius 3 is 2.62 bits per heavy atom. The topological polar surface area (TPSA) is 64.2 Å². The molecule has 1 fully saturated rings. The van der Waals surface area contributed by atoms with E-state index in [0.717, 1.165) is 36.4 Å². The number of nitrogen functional groups attached to an aromatic ring is 1. The average Bonchev–Trinajstić information content (AvgIpc) is 2.63. The van der Waals surface area contributed by atoms with E-state index in [-0.39, 0.29) is 5.56 Å². The number of nitrogens with zero attached hydrogens (tertiary/aromatic N) is 3. The molecule has 140 valence electrons. The Morgan fingerprint density at radius 1 is 1.31 bits per heavy atom. The van der Waals surface area contributed by atoms with Crippen molar-refractivity contribution in [2.75, 3.05) is 23.7 Å². The molecule has 1 aromatic heterocycles. The van der Waals surface area contributed by atoms with Gasteiger partial charge in [-0.1, -0.05) is 49.7 Å². The molecule has 1 aliphatic rings. The Morgan fingerprint density at radius 2 is 2.00 bits per heavy atom. The highest BCUT2D eigenvalue weighted by molar-refractivity contribution is 7.99. The minimum absolute atomic E-state index is 0.0807. The van der Waals surface area contributed by atoms with Crippen molar-refractivity contribution >= 4 is 23.5 Å². The number of piperidine rings is 1. The maximum atomic E-state index is 12.9. The smallest absolute Gasteiger partial charge is 0.270 e. The zero-order chi connectivity index (χ0) is 18.9. The molecule has 3 rings (SSSR count). The molecule has 0 unspecified atom stereocenters. The van der Waals surface area contributed by atoms with E-state index >= 15 is 0 Å². The molecular weight excluding hydrogens is 344 g/mol. The minimum Gasteiger partial charge on any atom is -0.382 e. The molecule has 0 aliphatic carbocycles. The second-order valence-electron chi connectivity index (χ2n) is 7.56. The van der Waals surface area contributed by atoms with Crippen LogP contribution in [0.1, 0.15) is 38.7 Å². The molecule has 0 radical (unpaired) electrons. The quantitative estimate of drug-likeness (QED) is 0.883. The molecular formula is C20H28N4OS. The van der Waals surface area contributed by atoms with Crippen LogP contribution in [-0.2, 0) is 7.05 Å². The van der Waals surface area contributed by atoms with Crippen molar-refractivity contribution in [1.82, 2.24) is 9.55 Å². The van der Waals surface area contributed by atoms with Gasteiger partial charge in [0.1, 0.15) is 10.7 Å². The third-order valence-electron chi connectivity index (χ3n) is 5.57. The molecule has 2 N–H and O–H groups in total. The lowest BCUT2D eigenvalue weighted by molar-refractivity contribution is 0.236. The Kier molecular flexibility index (Phi) is 5.32. The monoisotopic (exact) mass is 372 g/mol. The second kappa shape index (κ2) is 7.35. The molecule has 0 atom stereocenters. The molecule has 2 heterocycles. The normalized spacial score (nSPS) is 16.7. The van der Waals surface area contributed by atoms with Crippen molar-refractivity contribution in [3.8, 4) is 0 Å². The molecule has 6 heteroatoms. The summed E-state index contributed by atoms with van der Waals surface area (Å²) in [6, 6.07) is 8.06. The van der Waals surface area contributed by atoms with Gasteiger partial charge in [-0.25, -0.2) is 0 Å². The first-order valence-electron chi connectivity index (χ1n) is 9.19. The number of rotatable bonds is 4. The fraction of sp³-hybridized carbons (Fsp3) is 0.500. The van der Waals surface area contributed by atoms with E-state index in [2.05, 4.69) is 23.7 Å². The van der Waals surface area contributed by atoms with Crippen LogP contribution in [-0.4, -0.2) is 22.6 Å². The van der Waals surface area contributed by atoms with Gasteiger partial charge >= 0.3 is 0 Å². The minimum atomic E-state index is -0.0807. The summed E-state index contributed by atoms with van der Waals surface area (Å²) in [6.45, 7) is 8.45. The third kappa shape index (κ3) is 3.75. The van der Waals surface area contributed by atoms with E-state index in [1.54, 1.807) is 11.6 Å². The largest absolute Gasteiger partial charge is 0.382 e. The van der Waals surface area contributed by atoms with Crippen molar-refractivity contribution < 1.29 is 0 Å². The molecule has 0 amide bonds. The van der Waals surface area contributed by atoms with Crippen LogP contribution < -0.4 is 16.2 Å².